The highest BCUT2D eigenvalue weighted by molar-refractivity contribution is 7.86. The van der Waals surface area contributed by atoms with Gasteiger partial charge in [0.2, 0.25) is 5.95 Å². The molecule has 0 atom stereocenters. The molecule has 0 amide bonds. The normalized spacial score (nSPS) is 17.8. The van der Waals surface area contributed by atoms with E-state index in [0.717, 1.165) is 12.5 Å². The van der Waals surface area contributed by atoms with Crippen molar-refractivity contribution >= 4 is 26.2 Å². The number of aromatic nitrogens is 2. The molecule has 24 heavy (non-hydrogen) atoms. The fourth-order valence-corrected chi connectivity index (χ4v) is 3.58. The summed E-state index contributed by atoms with van der Waals surface area (Å²) in [4.78, 5) is 10.1. The van der Waals surface area contributed by atoms with Crippen molar-refractivity contribution in [3.8, 4) is 0 Å². The number of hydrogen-bond acceptors (Lipinski definition) is 9. The van der Waals surface area contributed by atoms with Crippen LogP contribution < -0.4 is 4.90 Å². The van der Waals surface area contributed by atoms with Crippen LogP contribution >= 0.6 is 0 Å². The molecule has 0 unspecified atom stereocenters. The topological polar surface area (TPSA) is 116 Å². The molecule has 2 heterocycles. The fraction of sp³-hybridized carbons (Fsp3) is 0.692. The summed E-state index contributed by atoms with van der Waals surface area (Å²) in [6.45, 7) is 4.25. The Morgan fingerprint density at radius 2 is 1.83 bits per heavy atom. The van der Waals surface area contributed by atoms with Gasteiger partial charge < -0.3 is 4.90 Å². The van der Waals surface area contributed by atoms with Crippen molar-refractivity contribution in [2.24, 2.45) is 5.92 Å². The Hall–Kier alpha value is -1.30. The third kappa shape index (κ3) is 4.85. The third-order valence-corrected chi connectivity index (χ3v) is 4.87. The zero-order valence-corrected chi connectivity index (χ0v) is 15.6. The van der Waals surface area contributed by atoms with Crippen LogP contribution in [0.5, 0.6) is 0 Å². The van der Waals surface area contributed by atoms with Crippen molar-refractivity contribution in [2.75, 3.05) is 30.5 Å². The molecule has 1 aliphatic rings. The molecule has 136 valence electrons. The van der Waals surface area contributed by atoms with E-state index in [1.165, 1.54) is 6.20 Å². The van der Waals surface area contributed by atoms with Gasteiger partial charge in [-0.05, 0) is 12.0 Å². The summed E-state index contributed by atoms with van der Waals surface area (Å²) in [5, 5.41) is 0. The average molecular weight is 379 g/mol. The van der Waals surface area contributed by atoms with Crippen LogP contribution in [0.4, 0.5) is 5.95 Å². The Morgan fingerprint density at radius 3 is 2.33 bits per heavy atom. The lowest BCUT2D eigenvalue weighted by Gasteiger charge is -2.51. The van der Waals surface area contributed by atoms with Crippen LogP contribution in [-0.2, 0) is 35.2 Å². The number of rotatable bonds is 7. The third-order valence-electron chi connectivity index (χ3n) is 3.69. The minimum absolute atomic E-state index is 0.0137. The number of hydrogen-bond donors (Lipinski definition) is 0. The Bertz CT molecular complexity index is 801. The average Bonchev–Trinajstić information content (AvgIpc) is 2.38. The zero-order chi connectivity index (χ0) is 18.2. The zero-order valence-electron chi connectivity index (χ0n) is 14.0. The summed E-state index contributed by atoms with van der Waals surface area (Å²) in [6, 6.07) is 1.55. The smallest absolute Gasteiger partial charge is 0.265 e. The van der Waals surface area contributed by atoms with Gasteiger partial charge in [0.25, 0.3) is 20.2 Å². The van der Waals surface area contributed by atoms with E-state index in [1.54, 1.807) is 11.0 Å². The summed E-state index contributed by atoms with van der Waals surface area (Å²) in [5.74, 6) is 0.359. The molecule has 1 aromatic rings. The standard InChI is InChI=1S/C13H21N3O6S2/c1-10(2)13(22-24(4,19)20)8-16(9-13)12-14-6-5-11(15-12)7-21-23(3,17)18/h5-6,10H,7-9H2,1-4H3. The second-order valence-electron chi connectivity index (χ2n) is 6.18. The van der Waals surface area contributed by atoms with Gasteiger partial charge in [0, 0.05) is 6.20 Å². The lowest BCUT2D eigenvalue weighted by molar-refractivity contribution is 0.00150. The van der Waals surface area contributed by atoms with Gasteiger partial charge in [-0.3, -0.25) is 8.37 Å². The maximum absolute atomic E-state index is 11.5. The van der Waals surface area contributed by atoms with Gasteiger partial charge in [0.15, 0.2) is 0 Å². The first-order valence-corrected chi connectivity index (χ1v) is 10.9. The molecular weight excluding hydrogens is 358 g/mol. The van der Waals surface area contributed by atoms with Gasteiger partial charge in [0.05, 0.1) is 31.3 Å². The van der Waals surface area contributed by atoms with E-state index < -0.39 is 25.8 Å². The van der Waals surface area contributed by atoms with E-state index >= 15 is 0 Å². The quantitative estimate of drug-likeness (QED) is 0.610. The van der Waals surface area contributed by atoms with E-state index in [2.05, 4.69) is 9.97 Å². The summed E-state index contributed by atoms with van der Waals surface area (Å²) in [7, 11) is -7.14. The first-order valence-electron chi connectivity index (χ1n) is 7.22. The summed E-state index contributed by atoms with van der Waals surface area (Å²) in [5.41, 5.74) is -0.396. The summed E-state index contributed by atoms with van der Waals surface area (Å²) >= 11 is 0. The summed E-state index contributed by atoms with van der Waals surface area (Å²) < 4.78 is 55.0. The van der Waals surface area contributed by atoms with Crippen molar-refractivity contribution in [3.63, 3.8) is 0 Å². The van der Waals surface area contributed by atoms with E-state index in [4.69, 9.17) is 8.37 Å². The Balaban J connectivity index is 2.09. The van der Waals surface area contributed by atoms with Gasteiger partial charge in [-0.2, -0.15) is 16.8 Å². The van der Waals surface area contributed by atoms with Crippen molar-refractivity contribution in [3.05, 3.63) is 18.0 Å². The number of anilines is 1. The van der Waals surface area contributed by atoms with Gasteiger partial charge in [-0.15, -0.1) is 0 Å². The Labute approximate surface area is 142 Å². The predicted molar refractivity (Wildman–Crippen MR) is 87.4 cm³/mol. The van der Waals surface area contributed by atoms with Crippen LogP contribution in [0.15, 0.2) is 12.3 Å². The maximum Gasteiger partial charge on any atom is 0.265 e. The van der Waals surface area contributed by atoms with Gasteiger partial charge in [0.1, 0.15) is 12.2 Å². The lowest BCUT2D eigenvalue weighted by Crippen LogP contribution is -2.67. The van der Waals surface area contributed by atoms with Crippen molar-refractivity contribution < 1.29 is 25.2 Å². The molecule has 0 aliphatic carbocycles. The Morgan fingerprint density at radius 1 is 1.21 bits per heavy atom. The van der Waals surface area contributed by atoms with Crippen molar-refractivity contribution in [1.29, 1.82) is 0 Å². The molecule has 1 saturated heterocycles. The van der Waals surface area contributed by atoms with Crippen LogP contribution in [0, 0.1) is 5.92 Å². The number of nitrogens with zero attached hydrogens (tertiary/aromatic N) is 3. The van der Waals surface area contributed by atoms with Crippen molar-refractivity contribution in [2.45, 2.75) is 26.1 Å². The predicted octanol–water partition coefficient (Wildman–Crippen LogP) is 0.144. The van der Waals surface area contributed by atoms with Gasteiger partial charge >= 0.3 is 0 Å². The molecule has 9 nitrogen and oxygen atoms in total. The van der Waals surface area contributed by atoms with E-state index in [1.807, 2.05) is 13.8 Å². The molecule has 1 fully saturated rings. The highest BCUT2D eigenvalue weighted by Crippen LogP contribution is 2.35. The molecule has 2 rings (SSSR count). The molecule has 1 aliphatic heterocycles. The van der Waals surface area contributed by atoms with Crippen LogP contribution in [0.3, 0.4) is 0 Å². The molecular formula is C13H21N3O6S2. The van der Waals surface area contributed by atoms with Crippen LogP contribution in [0.1, 0.15) is 19.5 Å². The maximum atomic E-state index is 11.5. The molecule has 0 spiro atoms. The van der Waals surface area contributed by atoms with Crippen LogP contribution in [0.25, 0.3) is 0 Å². The molecule has 0 bridgehead atoms. The van der Waals surface area contributed by atoms with E-state index in [-0.39, 0.29) is 12.5 Å². The van der Waals surface area contributed by atoms with Crippen LogP contribution in [-0.4, -0.2) is 58.0 Å². The Kier molecular flexibility index (Phi) is 5.19. The molecule has 0 radical (unpaired) electrons. The van der Waals surface area contributed by atoms with E-state index in [9.17, 15) is 16.8 Å². The molecule has 0 N–H and O–H groups in total. The van der Waals surface area contributed by atoms with Gasteiger partial charge in [-0.1, -0.05) is 13.8 Å². The first-order chi connectivity index (χ1) is 10.9. The van der Waals surface area contributed by atoms with Crippen LogP contribution in [0.2, 0.25) is 0 Å². The highest BCUT2D eigenvalue weighted by atomic mass is 32.2. The fourth-order valence-electron chi connectivity index (χ4n) is 2.34. The highest BCUT2D eigenvalue weighted by Gasteiger charge is 2.50. The van der Waals surface area contributed by atoms with E-state index in [0.29, 0.717) is 24.7 Å². The largest absolute Gasteiger partial charge is 0.335 e. The second kappa shape index (κ2) is 6.54. The molecule has 0 aromatic carbocycles. The minimum Gasteiger partial charge on any atom is -0.335 e. The molecule has 1 aromatic heterocycles. The monoisotopic (exact) mass is 379 g/mol. The summed E-state index contributed by atoms with van der Waals surface area (Å²) in [6.07, 6.45) is 3.49. The SMILES string of the molecule is CC(C)C1(OS(C)(=O)=O)CN(c2nccc(COS(C)(=O)=O)n2)C1. The minimum atomic E-state index is -3.58. The van der Waals surface area contributed by atoms with Crippen molar-refractivity contribution in [1.82, 2.24) is 9.97 Å². The first kappa shape index (κ1) is 19.0. The molecule has 11 heteroatoms. The van der Waals surface area contributed by atoms with Gasteiger partial charge in [-0.25, -0.2) is 9.97 Å². The lowest BCUT2D eigenvalue weighted by atomic mass is 9.83. The second-order valence-corrected chi connectivity index (χ2v) is 9.40. The molecule has 0 saturated carbocycles.